The summed E-state index contributed by atoms with van der Waals surface area (Å²) in [6.45, 7) is 16.2. The summed E-state index contributed by atoms with van der Waals surface area (Å²) >= 11 is 0. The van der Waals surface area contributed by atoms with E-state index >= 15 is 0 Å². The first-order valence-electron chi connectivity index (χ1n) is 14.8. The molecule has 0 aromatic heterocycles. The van der Waals surface area contributed by atoms with Crippen molar-refractivity contribution in [2.45, 2.75) is 33.8 Å². The first-order valence-corrected chi connectivity index (χ1v) is 14.8. The van der Waals surface area contributed by atoms with Crippen LogP contribution in [0.15, 0.2) is 86.5 Å². The average molecular weight is 673 g/mol. The molecule has 1 unspecified atom stereocenters. The highest BCUT2D eigenvalue weighted by Crippen LogP contribution is 2.31. The molecule has 0 saturated heterocycles. The summed E-state index contributed by atoms with van der Waals surface area (Å²) in [6.07, 6.45) is 2.07. The van der Waals surface area contributed by atoms with Gasteiger partial charge >= 0.3 is 29.8 Å². The number of carbonyl (C=O) groups is 5. The van der Waals surface area contributed by atoms with Crippen molar-refractivity contribution in [3.8, 4) is 23.0 Å². The van der Waals surface area contributed by atoms with Crippen molar-refractivity contribution in [2.24, 2.45) is 0 Å². The Labute approximate surface area is 283 Å². The van der Waals surface area contributed by atoms with E-state index in [1.54, 1.807) is 52.0 Å². The lowest BCUT2D eigenvalue weighted by atomic mass is 10.1. The highest BCUT2D eigenvalue weighted by Gasteiger charge is 2.20. The summed E-state index contributed by atoms with van der Waals surface area (Å²) in [7, 11) is 0. The molecule has 3 rings (SSSR count). The van der Waals surface area contributed by atoms with Crippen LogP contribution in [-0.2, 0) is 28.6 Å². The Balaban J connectivity index is 1.64. The second-order valence-corrected chi connectivity index (χ2v) is 10.4. The third kappa shape index (κ3) is 10.7. The Hall–Kier alpha value is -6.17. The monoisotopic (exact) mass is 672 g/mol. The summed E-state index contributed by atoms with van der Waals surface area (Å²) in [5.41, 5.74) is 2.90. The lowest BCUT2D eigenvalue weighted by molar-refractivity contribution is -0.154. The highest BCUT2D eigenvalue weighted by atomic mass is 16.7. The van der Waals surface area contributed by atoms with E-state index in [9.17, 15) is 24.0 Å². The van der Waals surface area contributed by atoms with Gasteiger partial charge in [-0.05, 0) is 98.5 Å². The smallest absolute Gasteiger partial charge is 0.343 e. The second kappa shape index (κ2) is 17.7. The van der Waals surface area contributed by atoms with Crippen LogP contribution in [0.4, 0.5) is 0 Å². The number of ether oxygens (including phenoxy) is 7. The molecule has 0 saturated carbocycles. The normalized spacial score (nSPS) is 10.9. The lowest BCUT2D eigenvalue weighted by Crippen LogP contribution is -2.30. The van der Waals surface area contributed by atoms with E-state index in [4.69, 9.17) is 33.2 Å². The average Bonchev–Trinajstić information content (AvgIpc) is 3.09. The maximum absolute atomic E-state index is 13.0. The van der Waals surface area contributed by atoms with Crippen molar-refractivity contribution in [1.29, 1.82) is 0 Å². The van der Waals surface area contributed by atoms with E-state index in [1.165, 1.54) is 24.3 Å². The Kier molecular flexibility index (Phi) is 13.4. The van der Waals surface area contributed by atoms with Gasteiger partial charge in [0, 0.05) is 18.2 Å². The first-order chi connectivity index (χ1) is 23.4. The quantitative estimate of drug-likeness (QED) is 0.0610. The molecular formula is C37H36O12. The van der Waals surface area contributed by atoms with Crippen molar-refractivity contribution < 1.29 is 57.1 Å². The molecule has 12 heteroatoms. The van der Waals surface area contributed by atoms with E-state index in [1.807, 2.05) is 0 Å². The molecule has 1 atom stereocenters. The number of carbonyl (C=O) groups excluding carboxylic acids is 5. The minimum atomic E-state index is -0.918. The Bertz CT molecular complexity index is 1770. The molecule has 3 aromatic carbocycles. The van der Waals surface area contributed by atoms with Gasteiger partial charge in [0.15, 0.2) is 6.10 Å². The predicted octanol–water partition coefficient (Wildman–Crippen LogP) is 5.63. The molecule has 0 spiro atoms. The fourth-order valence-electron chi connectivity index (χ4n) is 4.14. The molecule has 0 radical (unpaired) electrons. The maximum atomic E-state index is 13.0. The summed E-state index contributed by atoms with van der Waals surface area (Å²) < 4.78 is 37.4. The van der Waals surface area contributed by atoms with Gasteiger partial charge in [0.2, 0.25) is 6.79 Å². The van der Waals surface area contributed by atoms with Crippen LogP contribution in [0.5, 0.6) is 23.0 Å². The van der Waals surface area contributed by atoms with Gasteiger partial charge in [0.1, 0.15) is 36.2 Å². The molecule has 3 aromatic rings. The van der Waals surface area contributed by atoms with E-state index in [0.29, 0.717) is 33.8 Å². The van der Waals surface area contributed by atoms with E-state index in [2.05, 4.69) is 19.7 Å². The molecule has 0 amide bonds. The van der Waals surface area contributed by atoms with Crippen molar-refractivity contribution in [3.05, 3.63) is 120 Å². The summed E-state index contributed by atoms with van der Waals surface area (Å²) in [5.74, 6) is -1.88. The van der Waals surface area contributed by atoms with Crippen LogP contribution in [0, 0.1) is 27.7 Å². The number of hydrogen-bond donors (Lipinski definition) is 0. The minimum Gasteiger partial charge on any atom is -0.489 e. The van der Waals surface area contributed by atoms with Crippen molar-refractivity contribution in [1.82, 2.24) is 0 Å². The zero-order chi connectivity index (χ0) is 36.1. The molecule has 0 aliphatic carbocycles. The molecule has 0 aliphatic heterocycles. The molecule has 0 bridgehead atoms. The molecule has 49 heavy (non-hydrogen) atoms. The van der Waals surface area contributed by atoms with Crippen molar-refractivity contribution in [3.63, 3.8) is 0 Å². The third-order valence-corrected chi connectivity index (χ3v) is 6.95. The number of esters is 5. The van der Waals surface area contributed by atoms with Crippen LogP contribution < -0.4 is 18.9 Å². The zero-order valence-electron chi connectivity index (χ0n) is 27.6. The number of aryl methyl sites for hydroxylation is 2. The molecular weight excluding hydrogens is 636 g/mol. The Morgan fingerprint density at radius 1 is 0.592 bits per heavy atom. The fourth-order valence-corrected chi connectivity index (χ4v) is 4.14. The molecule has 256 valence electrons. The van der Waals surface area contributed by atoms with Crippen molar-refractivity contribution in [2.75, 3.05) is 20.0 Å². The summed E-state index contributed by atoms with van der Waals surface area (Å²) in [6, 6.07) is 12.4. The number of hydrogen-bond acceptors (Lipinski definition) is 12. The first kappa shape index (κ1) is 37.3. The summed E-state index contributed by atoms with van der Waals surface area (Å²) in [5, 5.41) is 0. The van der Waals surface area contributed by atoms with Crippen LogP contribution >= 0.6 is 0 Å². The van der Waals surface area contributed by atoms with Crippen molar-refractivity contribution >= 4 is 29.8 Å². The molecule has 0 heterocycles. The standard InChI is InChI=1S/C37H36O12/c1-8-33(38)44-20-28(47-35(40)10-3)19-43-29-13-11-26(17-22(29)4)36(41)48-31-15-16-32(25(7)24(31)6)49-37(42)27-12-14-30(23(5)18-27)45-21-46-34(39)9-2/h8-18,28H,1-3,19-21H2,4-7H3. The molecule has 0 N–H and O–H groups in total. The van der Waals surface area contributed by atoms with Crippen LogP contribution in [0.1, 0.15) is 43.0 Å². The molecule has 12 nitrogen and oxygen atoms in total. The van der Waals surface area contributed by atoms with Gasteiger partial charge in [-0.25, -0.2) is 24.0 Å². The summed E-state index contributed by atoms with van der Waals surface area (Å²) in [4.78, 5) is 60.3. The third-order valence-electron chi connectivity index (χ3n) is 6.95. The van der Waals surface area contributed by atoms with Crippen LogP contribution in [0.2, 0.25) is 0 Å². The van der Waals surface area contributed by atoms with Gasteiger partial charge < -0.3 is 33.2 Å². The van der Waals surface area contributed by atoms with Gasteiger partial charge in [-0.3, -0.25) is 0 Å². The van der Waals surface area contributed by atoms with Gasteiger partial charge in [0.05, 0.1) is 11.1 Å². The maximum Gasteiger partial charge on any atom is 0.343 e. The van der Waals surface area contributed by atoms with E-state index < -0.39 is 36.0 Å². The number of benzene rings is 3. The van der Waals surface area contributed by atoms with Gasteiger partial charge in [-0.15, -0.1) is 0 Å². The Morgan fingerprint density at radius 3 is 1.51 bits per heavy atom. The van der Waals surface area contributed by atoms with Crippen LogP contribution in [0.25, 0.3) is 0 Å². The zero-order valence-corrected chi connectivity index (χ0v) is 27.6. The molecule has 0 aliphatic rings. The molecule has 0 fully saturated rings. The van der Waals surface area contributed by atoms with E-state index in [-0.39, 0.29) is 42.6 Å². The highest BCUT2D eigenvalue weighted by molar-refractivity contribution is 5.93. The minimum absolute atomic E-state index is 0.140. The second-order valence-electron chi connectivity index (χ2n) is 10.4. The lowest BCUT2D eigenvalue weighted by Gasteiger charge is -2.18. The predicted molar refractivity (Wildman–Crippen MR) is 177 cm³/mol. The fraction of sp³-hybridized carbons (Fsp3) is 0.216. The largest absolute Gasteiger partial charge is 0.489 e. The van der Waals surface area contributed by atoms with Gasteiger partial charge in [-0.1, -0.05) is 19.7 Å². The SMILES string of the molecule is C=CC(=O)OCOc1ccc(C(=O)Oc2ccc(OC(=O)c3ccc(OCC(COC(=O)C=C)OC(=O)C=C)c(C)c3)c(C)c2C)cc1C. The topological polar surface area (TPSA) is 150 Å². The van der Waals surface area contributed by atoms with Gasteiger partial charge in [0.25, 0.3) is 0 Å². The van der Waals surface area contributed by atoms with Gasteiger partial charge in [-0.2, -0.15) is 0 Å². The Morgan fingerprint density at radius 2 is 1.04 bits per heavy atom. The van der Waals surface area contributed by atoms with Crippen LogP contribution in [0.3, 0.4) is 0 Å². The van der Waals surface area contributed by atoms with E-state index in [0.717, 1.165) is 18.2 Å². The van der Waals surface area contributed by atoms with Crippen LogP contribution in [-0.4, -0.2) is 56.0 Å². The number of rotatable bonds is 16.